The zero-order valence-electron chi connectivity index (χ0n) is 7.92. The predicted molar refractivity (Wildman–Crippen MR) is 55.0 cm³/mol. The largest absolute Gasteiger partial charge is 0.469 e. The van der Waals surface area contributed by atoms with Crippen LogP contribution in [0.2, 0.25) is 0 Å². The van der Waals surface area contributed by atoms with E-state index in [2.05, 4.69) is 4.52 Å². The maximum absolute atomic E-state index is 10.8. The van der Waals surface area contributed by atoms with Crippen molar-refractivity contribution in [1.29, 1.82) is 0 Å². The molecule has 0 saturated carbocycles. The monoisotopic (exact) mass is 268 g/mol. The van der Waals surface area contributed by atoms with Gasteiger partial charge in [-0.3, -0.25) is 9.09 Å². The van der Waals surface area contributed by atoms with E-state index in [0.29, 0.717) is 5.56 Å². The van der Waals surface area contributed by atoms with Crippen molar-refractivity contribution in [3.05, 3.63) is 29.8 Å². The van der Waals surface area contributed by atoms with Gasteiger partial charge in [0.1, 0.15) is 0 Å². The van der Waals surface area contributed by atoms with Crippen LogP contribution in [0.15, 0.2) is 24.3 Å². The van der Waals surface area contributed by atoms with E-state index in [0.717, 1.165) is 0 Å². The molecule has 0 unspecified atom stereocenters. The fourth-order valence-electron chi connectivity index (χ4n) is 0.945. The average Bonchev–Trinajstić information content (AvgIpc) is 2.13. The molecule has 0 heterocycles. The predicted octanol–water partition coefficient (Wildman–Crippen LogP) is 0.0989. The second-order valence-electron chi connectivity index (χ2n) is 2.97. The zero-order valence-corrected chi connectivity index (χ0v) is 9.71. The summed E-state index contributed by atoms with van der Waals surface area (Å²) < 4.78 is 25.4. The van der Waals surface area contributed by atoms with Gasteiger partial charge in [-0.25, -0.2) is 4.57 Å². The summed E-state index contributed by atoms with van der Waals surface area (Å²) in [7, 11) is -8.81. The van der Waals surface area contributed by atoms with Gasteiger partial charge in [-0.15, -0.1) is 0 Å². The molecule has 90 valence electrons. The summed E-state index contributed by atoms with van der Waals surface area (Å²) in [5, 5.41) is -0.160. The molecule has 4 N–H and O–H groups in total. The molecule has 0 atom stereocenters. The maximum atomic E-state index is 10.8. The van der Waals surface area contributed by atoms with Gasteiger partial charge in [0, 0.05) is 0 Å². The van der Waals surface area contributed by atoms with Crippen LogP contribution in [0.1, 0.15) is 5.56 Å². The van der Waals surface area contributed by atoms with Crippen LogP contribution < -0.4 is 5.30 Å². The highest BCUT2D eigenvalue weighted by molar-refractivity contribution is 7.60. The Bertz CT molecular complexity index is 442. The molecular weight excluding hydrogens is 258 g/mol. The normalized spacial score (nSPS) is 12.8. The van der Waals surface area contributed by atoms with E-state index in [1.165, 1.54) is 24.3 Å². The summed E-state index contributed by atoms with van der Waals surface area (Å²) in [5.41, 5.74) is 0.403. The minimum atomic E-state index is -4.53. The molecule has 1 rings (SSSR count). The molecule has 0 fully saturated rings. The van der Waals surface area contributed by atoms with Gasteiger partial charge in [-0.2, -0.15) is 0 Å². The lowest BCUT2D eigenvalue weighted by Gasteiger charge is -2.07. The Labute approximate surface area is 91.1 Å². The minimum absolute atomic E-state index is 0.160. The third-order valence-corrected chi connectivity index (χ3v) is 3.11. The zero-order chi connectivity index (χ0) is 12.4. The molecule has 0 aliphatic carbocycles. The molecule has 0 radical (unpaired) electrons. The molecule has 0 aliphatic heterocycles. The van der Waals surface area contributed by atoms with Crippen molar-refractivity contribution in [1.82, 2.24) is 0 Å². The summed E-state index contributed by atoms with van der Waals surface area (Å²) in [6, 6.07) is 5.01. The topological polar surface area (TPSA) is 124 Å². The average molecular weight is 268 g/mol. The molecule has 0 amide bonds. The Balaban J connectivity index is 2.73. The van der Waals surface area contributed by atoms with E-state index in [4.69, 9.17) is 19.6 Å². The molecule has 7 nitrogen and oxygen atoms in total. The third-order valence-electron chi connectivity index (χ3n) is 1.67. The summed E-state index contributed by atoms with van der Waals surface area (Å²) in [6.45, 7) is -0.328. The smallest absolute Gasteiger partial charge is 0.321 e. The van der Waals surface area contributed by atoms with Gasteiger partial charge in [0.25, 0.3) is 0 Å². The fourth-order valence-corrected chi connectivity index (χ4v) is 1.80. The highest BCUT2D eigenvalue weighted by atomic mass is 31.2. The molecule has 0 spiro atoms. The van der Waals surface area contributed by atoms with E-state index in [1.54, 1.807) is 0 Å². The number of rotatable bonds is 4. The van der Waals surface area contributed by atoms with E-state index in [-0.39, 0.29) is 11.9 Å². The minimum Gasteiger partial charge on any atom is -0.321 e. The van der Waals surface area contributed by atoms with Crippen LogP contribution in [-0.2, 0) is 20.3 Å². The van der Waals surface area contributed by atoms with E-state index >= 15 is 0 Å². The van der Waals surface area contributed by atoms with Crippen molar-refractivity contribution in [3.63, 3.8) is 0 Å². The van der Waals surface area contributed by atoms with Crippen LogP contribution in [0.25, 0.3) is 0 Å². The summed E-state index contributed by atoms with van der Waals surface area (Å²) >= 11 is 0. The molecule has 1 aromatic carbocycles. The third kappa shape index (κ3) is 4.55. The number of benzene rings is 1. The quantitative estimate of drug-likeness (QED) is 0.570. The van der Waals surface area contributed by atoms with Gasteiger partial charge in [-0.05, 0) is 17.7 Å². The Morgan fingerprint density at radius 2 is 1.50 bits per heavy atom. The van der Waals surface area contributed by atoms with Gasteiger partial charge in [0.15, 0.2) is 0 Å². The second kappa shape index (κ2) is 4.77. The fraction of sp³-hybridized carbons (Fsp3) is 0.143. The van der Waals surface area contributed by atoms with Crippen LogP contribution in [-0.4, -0.2) is 19.6 Å². The molecule has 1 aromatic rings. The van der Waals surface area contributed by atoms with Crippen molar-refractivity contribution in [2.24, 2.45) is 0 Å². The van der Waals surface area contributed by atoms with Gasteiger partial charge in [0.2, 0.25) is 0 Å². The Kier molecular flexibility index (Phi) is 4.04. The number of phosphoric acid groups is 1. The highest BCUT2D eigenvalue weighted by Crippen LogP contribution is 2.37. The number of hydrogen-bond donors (Lipinski definition) is 4. The Morgan fingerprint density at radius 1 is 1.00 bits per heavy atom. The molecule has 0 bridgehead atoms. The SMILES string of the molecule is O=P(O)(O)OCc1ccc(P(=O)(O)O)cc1. The first-order chi connectivity index (χ1) is 7.18. The van der Waals surface area contributed by atoms with Gasteiger partial charge < -0.3 is 19.6 Å². The van der Waals surface area contributed by atoms with Crippen LogP contribution in [0, 0.1) is 0 Å². The van der Waals surface area contributed by atoms with Crippen LogP contribution in [0.4, 0.5) is 0 Å². The van der Waals surface area contributed by atoms with Gasteiger partial charge in [0.05, 0.1) is 11.9 Å². The maximum Gasteiger partial charge on any atom is 0.469 e. The first-order valence-corrected chi connectivity index (χ1v) is 7.18. The molecule has 0 aliphatic rings. The lowest BCUT2D eigenvalue weighted by atomic mass is 10.2. The standard InChI is InChI=1S/C7H10O7P2/c8-15(9,10)7-3-1-6(2-4-7)5-14-16(11,12)13/h1-4H,5H2,(H2,8,9,10)(H2,11,12,13). The van der Waals surface area contributed by atoms with Crippen molar-refractivity contribution in [3.8, 4) is 0 Å². The van der Waals surface area contributed by atoms with Crippen molar-refractivity contribution >= 4 is 20.7 Å². The molecule has 9 heteroatoms. The summed E-state index contributed by atoms with van der Waals surface area (Å²) in [6.07, 6.45) is 0. The van der Waals surface area contributed by atoms with Crippen LogP contribution in [0.5, 0.6) is 0 Å². The van der Waals surface area contributed by atoms with Crippen LogP contribution >= 0.6 is 15.4 Å². The Hall–Kier alpha value is -0.520. The molecule has 0 aromatic heterocycles. The lowest BCUT2D eigenvalue weighted by Crippen LogP contribution is -2.03. The molecular formula is C7H10O7P2. The van der Waals surface area contributed by atoms with Crippen molar-refractivity contribution in [2.45, 2.75) is 6.61 Å². The first kappa shape index (κ1) is 13.5. The molecule has 16 heavy (non-hydrogen) atoms. The second-order valence-corrected chi connectivity index (χ2v) is 5.82. The van der Waals surface area contributed by atoms with Gasteiger partial charge >= 0.3 is 15.4 Å². The Morgan fingerprint density at radius 3 is 1.88 bits per heavy atom. The highest BCUT2D eigenvalue weighted by Gasteiger charge is 2.17. The summed E-state index contributed by atoms with van der Waals surface area (Å²) in [5.74, 6) is 0. The van der Waals surface area contributed by atoms with E-state index < -0.39 is 15.4 Å². The van der Waals surface area contributed by atoms with Crippen molar-refractivity contribution in [2.75, 3.05) is 0 Å². The van der Waals surface area contributed by atoms with E-state index in [1.807, 2.05) is 0 Å². The number of hydrogen-bond acceptors (Lipinski definition) is 3. The lowest BCUT2D eigenvalue weighted by molar-refractivity contribution is 0.189. The summed E-state index contributed by atoms with van der Waals surface area (Å²) in [4.78, 5) is 34.4. The van der Waals surface area contributed by atoms with Gasteiger partial charge in [-0.1, -0.05) is 12.1 Å². The van der Waals surface area contributed by atoms with Crippen molar-refractivity contribution < 1.29 is 33.2 Å². The van der Waals surface area contributed by atoms with Crippen LogP contribution in [0.3, 0.4) is 0 Å². The number of phosphoric ester groups is 1. The van der Waals surface area contributed by atoms with E-state index in [9.17, 15) is 9.13 Å². The molecule has 0 saturated heterocycles. The first-order valence-electron chi connectivity index (χ1n) is 4.03.